The molecule has 0 N–H and O–H groups in total. The number of rotatable bonds is 1. The molecule has 0 aromatic carbocycles. The van der Waals surface area contributed by atoms with Gasteiger partial charge in [0.25, 0.3) is 0 Å². The van der Waals surface area contributed by atoms with Gasteiger partial charge >= 0.3 is 11.9 Å². The third kappa shape index (κ3) is 1.70. The zero-order valence-electron chi connectivity index (χ0n) is 10.4. The minimum Gasteiger partial charge on any atom is -0.338 e. The fourth-order valence-corrected chi connectivity index (χ4v) is 2.86. The van der Waals surface area contributed by atoms with Crippen molar-refractivity contribution < 1.29 is 14.4 Å². The van der Waals surface area contributed by atoms with Crippen molar-refractivity contribution >= 4 is 11.9 Å². The third-order valence-electron chi connectivity index (χ3n) is 3.62. The first-order chi connectivity index (χ1) is 8.66. The molecule has 0 spiro atoms. The maximum Gasteiger partial charge on any atom is 0.329 e. The van der Waals surface area contributed by atoms with Gasteiger partial charge in [0.1, 0.15) is 5.69 Å². The van der Waals surface area contributed by atoms with E-state index in [0.29, 0.717) is 18.8 Å². The largest absolute Gasteiger partial charge is 0.338 e. The lowest BCUT2D eigenvalue weighted by Crippen LogP contribution is -2.41. The van der Waals surface area contributed by atoms with Gasteiger partial charge in [-0.3, -0.25) is 9.59 Å². The molecule has 1 aromatic heterocycles. The van der Waals surface area contributed by atoms with Crippen molar-refractivity contribution in [2.45, 2.75) is 39.2 Å². The van der Waals surface area contributed by atoms with Gasteiger partial charge in [-0.2, -0.15) is 5.06 Å². The van der Waals surface area contributed by atoms with Crippen LogP contribution in [0.2, 0.25) is 0 Å². The SMILES string of the molecule is CC(=O)ON1CCn2c(cc3c2CCCC3)C1=O. The first-order valence-electron chi connectivity index (χ1n) is 6.38. The predicted octanol–water partition coefficient (Wildman–Crippen LogP) is 1.30. The molecule has 0 saturated heterocycles. The lowest BCUT2D eigenvalue weighted by molar-refractivity contribution is -0.176. The van der Waals surface area contributed by atoms with Crippen LogP contribution < -0.4 is 0 Å². The predicted molar refractivity (Wildman–Crippen MR) is 63.9 cm³/mol. The smallest absolute Gasteiger partial charge is 0.329 e. The van der Waals surface area contributed by atoms with Crippen LogP contribution in [0.5, 0.6) is 0 Å². The number of carbonyl (C=O) groups is 2. The van der Waals surface area contributed by atoms with Crippen LogP contribution in [0.25, 0.3) is 0 Å². The number of hydroxylamine groups is 2. The molecule has 0 radical (unpaired) electrons. The summed E-state index contributed by atoms with van der Waals surface area (Å²) < 4.78 is 2.09. The number of amides is 1. The van der Waals surface area contributed by atoms with Crippen molar-refractivity contribution in [2.24, 2.45) is 0 Å². The van der Waals surface area contributed by atoms with Crippen LogP contribution in [0.1, 0.15) is 41.5 Å². The number of aromatic nitrogens is 1. The maximum atomic E-state index is 12.2. The molecule has 2 heterocycles. The minimum absolute atomic E-state index is 0.203. The normalized spacial score (nSPS) is 18.3. The molecule has 0 fully saturated rings. The molecule has 5 nitrogen and oxygen atoms in total. The van der Waals surface area contributed by atoms with E-state index in [-0.39, 0.29) is 5.91 Å². The van der Waals surface area contributed by atoms with Crippen molar-refractivity contribution in [2.75, 3.05) is 6.54 Å². The summed E-state index contributed by atoms with van der Waals surface area (Å²) in [5, 5.41) is 1.17. The summed E-state index contributed by atoms with van der Waals surface area (Å²) in [6.07, 6.45) is 4.49. The maximum absolute atomic E-state index is 12.2. The van der Waals surface area contributed by atoms with Crippen molar-refractivity contribution in [1.82, 2.24) is 9.63 Å². The van der Waals surface area contributed by atoms with Gasteiger partial charge in [-0.1, -0.05) is 0 Å². The molecule has 5 heteroatoms. The highest BCUT2D eigenvalue weighted by molar-refractivity contribution is 5.94. The van der Waals surface area contributed by atoms with E-state index in [1.54, 1.807) is 0 Å². The van der Waals surface area contributed by atoms with Gasteiger partial charge in [0.15, 0.2) is 0 Å². The quantitative estimate of drug-likeness (QED) is 0.752. The molecule has 0 atom stereocenters. The standard InChI is InChI=1S/C13H16N2O3/c1-9(16)18-15-7-6-14-11-5-3-2-4-10(11)8-12(14)13(15)17/h8H,2-7H2,1H3. The molecule has 1 aromatic rings. The lowest BCUT2D eigenvalue weighted by atomic mass is 9.98. The third-order valence-corrected chi connectivity index (χ3v) is 3.62. The molecule has 0 bridgehead atoms. The second-order valence-electron chi connectivity index (χ2n) is 4.85. The number of aryl methyl sites for hydroxylation is 1. The minimum atomic E-state index is -0.451. The topological polar surface area (TPSA) is 51.5 Å². The second-order valence-corrected chi connectivity index (χ2v) is 4.85. The molecule has 0 unspecified atom stereocenters. The summed E-state index contributed by atoms with van der Waals surface area (Å²) in [5.74, 6) is -0.654. The van der Waals surface area contributed by atoms with E-state index in [2.05, 4.69) is 4.57 Å². The average molecular weight is 248 g/mol. The van der Waals surface area contributed by atoms with Gasteiger partial charge < -0.3 is 9.40 Å². The van der Waals surface area contributed by atoms with Crippen molar-refractivity contribution in [3.05, 3.63) is 23.0 Å². The van der Waals surface area contributed by atoms with Crippen LogP contribution in [0, 0.1) is 0 Å². The Hall–Kier alpha value is -1.78. The van der Waals surface area contributed by atoms with Crippen LogP contribution in [-0.4, -0.2) is 28.1 Å². The first kappa shape index (κ1) is 11.3. The summed E-state index contributed by atoms with van der Waals surface area (Å²) in [6, 6.07) is 1.96. The molecule has 18 heavy (non-hydrogen) atoms. The molecule has 1 amide bonds. The lowest BCUT2D eigenvalue weighted by Gasteiger charge is -2.27. The Kier molecular flexibility index (Phi) is 2.61. The van der Waals surface area contributed by atoms with E-state index in [9.17, 15) is 9.59 Å². The van der Waals surface area contributed by atoms with Crippen molar-refractivity contribution in [1.29, 1.82) is 0 Å². The first-order valence-corrected chi connectivity index (χ1v) is 6.38. The Morgan fingerprint density at radius 1 is 1.28 bits per heavy atom. The molecular weight excluding hydrogens is 232 g/mol. The Morgan fingerprint density at radius 3 is 2.83 bits per heavy atom. The zero-order valence-corrected chi connectivity index (χ0v) is 10.4. The van der Waals surface area contributed by atoms with Gasteiger partial charge in [-0.15, -0.1) is 0 Å². The second kappa shape index (κ2) is 4.15. The van der Waals surface area contributed by atoms with E-state index in [1.807, 2.05) is 6.07 Å². The molecule has 1 aliphatic carbocycles. The van der Waals surface area contributed by atoms with E-state index in [4.69, 9.17) is 4.84 Å². The summed E-state index contributed by atoms with van der Waals surface area (Å²) in [5.41, 5.74) is 3.25. The highest BCUT2D eigenvalue weighted by atomic mass is 16.7. The Morgan fingerprint density at radius 2 is 2.06 bits per heavy atom. The molecule has 1 aliphatic heterocycles. The number of nitrogens with zero attached hydrogens (tertiary/aromatic N) is 2. The Balaban J connectivity index is 1.94. The van der Waals surface area contributed by atoms with Crippen LogP contribution >= 0.6 is 0 Å². The van der Waals surface area contributed by atoms with Gasteiger partial charge in [0.2, 0.25) is 0 Å². The summed E-state index contributed by atoms with van der Waals surface area (Å²) in [7, 11) is 0. The summed E-state index contributed by atoms with van der Waals surface area (Å²) in [4.78, 5) is 28.1. The molecule has 0 saturated carbocycles. The fourth-order valence-electron chi connectivity index (χ4n) is 2.86. The van der Waals surface area contributed by atoms with Crippen LogP contribution in [0.3, 0.4) is 0 Å². The molecule has 3 rings (SSSR count). The van der Waals surface area contributed by atoms with Gasteiger partial charge in [-0.25, -0.2) is 0 Å². The number of hydrogen-bond donors (Lipinski definition) is 0. The molecular formula is C13H16N2O3. The summed E-state index contributed by atoms with van der Waals surface area (Å²) >= 11 is 0. The van der Waals surface area contributed by atoms with E-state index in [1.165, 1.54) is 36.1 Å². The van der Waals surface area contributed by atoms with Crippen LogP contribution in [-0.2, 0) is 29.0 Å². The number of hydrogen-bond acceptors (Lipinski definition) is 3. The van der Waals surface area contributed by atoms with Gasteiger partial charge in [0.05, 0.1) is 6.54 Å². The van der Waals surface area contributed by atoms with Crippen molar-refractivity contribution in [3.63, 3.8) is 0 Å². The highest BCUT2D eigenvalue weighted by Crippen LogP contribution is 2.27. The Bertz CT molecular complexity index is 519. The fraction of sp³-hybridized carbons (Fsp3) is 0.538. The van der Waals surface area contributed by atoms with E-state index < -0.39 is 5.97 Å². The molecule has 96 valence electrons. The van der Waals surface area contributed by atoms with E-state index >= 15 is 0 Å². The highest BCUT2D eigenvalue weighted by Gasteiger charge is 2.30. The van der Waals surface area contributed by atoms with Gasteiger partial charge in [-0.05, 0) is 37.3 Å². The Labute approximate surface area is 105 Å². The average Bonchev–Trinajstić information content (AvgIpc) is 2.72. The molecule has 2 aliphatic rings. The zero-order chi connectivity index (χ0) is 12.7. The van der Waals surface area contributed by atoms with Crippen molar-refractivity contribution in [3.8, 4) is 0 Å². The van der Waals surface area contributed by atoms with Crippen LogP contribution in [0.4, 0.5) is 0 Å². The number of carbonyl (C=O) groups excluding carboxylic acids is 2. The summed E-state index contributed by atoms with van der Waals surface area (Å²) in [6.45, 7) is 2.46. The number of fused-ring (bicyclic) bond motifs is 3. The monoisotopic (exact) mass is 248 g/mol. The van der Waals surface area contributed by atoms with E-state index in [0.717, 1.165) is 12.8 Å². The van der Waals surface area contributed by atoms with Crippen LogP contribution in [0.15, 0.2) is 6.07 Å². The van der Waals surface area contributed by atoms with Gasteiger partial charge in [0, 0.05) is 19.2 Å².